The second kappa shape index (κ2) is 8.92. The van der Waals surface area contributed by atoms with Crippen LogP contribution in [0.25, 0.3) is 0 Å². The molecule has 1 aromatic carbocycles. The fourth-order valence-corrected chi connectivity index (χ4v) is 1.78. The number of ether oxygens (including phenoxy) is 2. The van der Waals surface area contributed by atoms with Gasteiger partial charge in [-0.2, -0.15) is 0 Å². The SMILES string of the molecule is CCOC(=O)[C@@H](CC#Cc1ccc(F)cc1N)NC(=O)OC(C)(C)C. The second-order valence-corrected chi connectivity index (χ2v) is 6.19. The maximum atomic E-state index is 13.0. The maximum Gasteiger partial charge on any atom is 0.408 e. The van der Waals surface area contributed by atoms with Crippen LogP contribution in [0.2, 0.25) is 0 Å². The van der Waals surface area contributed by atoms with Crippen molar-refractivity contribution in [2.75, 3.05) is 12.3 Å². The summed E-state index contributed by atoms with van der Waals surface area (Å²) in [4.78, 5) is 23.8. The van der Waals surface area contributed by atoms with Crippen LogP contribution in [-0.4, -0.2) is 30.3 Å². The molecule has 25 heavy (non-hydrogen) atoms. The molecule has 1 aromatic rings. The van der Waals surface area contributed by atoms with Crippen molar-refractivity contribution in [3.8, 4) is 11.8 Å². The number of nitrogen functional groups attached to an aromatic ring is 1. The Labute approximate surface area is 146 Å². The first-order chi connectivity index (χ1) is 11.6. The highest BCUT2D eigenvalue weighted by atomic mass is 19.1. The number of carbonyl (C=O) groups excluding carboxylic acids is 2. The Morgan fingerprint density at radius 1 is 1.36 bits per heavy atom. The molecule has 0 saturated heterocycles. The average molecular weight is 350 g/mol. The van der Waals surface area contributed by atoms with E-state index in [2.05, 4.69) is 17.2 Å². The number of rotatable bonds is 4. The summed E-state index contributed by atoms with van der Waals surface area (Å²) < 4.78 is 23.1. The van der Waals surface area contributed by atoms with E-state index in [-0.39, 0.29) is 18.7 Å². The largest absolute Gasteiger partial charge is 0.464 e. The number of esters is 1. The zero-order valence-electron chi connectivity index (χ0n) is 14.8. The van der Waals surface area contributed by atoms with Gasteiger partial charge in [-0.05, 0) is 45.9 Å². The van der Waals surface area contributed by atoms with Crippen molar-refractivity contribution in [3.05, 3.63) is 29.6 Å². The number of hydrogen-bond donors (Lipinski definition) is 2. The first-order valence-electron chi connectivity index (χ1n) is 7.82. The van der Waals surface area contributed by atoms with Gasteiger partial charge in [0.25, 0.3) is 0 Å². The standard InChI is InChI=1S/C18H23FN2O4/c1-5-24-16(22)15(21-17(23)25-18(2,3)4)8-6-7-12-9-10-13(19)11-14(12)20/h9-11,15H,5,8,20H2,1-4H3,(H,21,23)/t15-/m1/s1. The Morgan fingerprint density at radius 3 is 2.60 bits per heavy atom. The predicted octanol–water partition coefficient (Wildman–Crippen LogP) is 2.61. The quantitative estimate of drug-likeness (QED) is 0.495. The fraction of sp³-hybridized carbons (Fsp3) is 0.444. The summed E-state index contributed by atoms with van der Waals surface area (Å²) in [6, 6.07) is 2.86. The van der Waals surface area contributed by atoms with Gasteiger partial charge in [0.2, 0.25) is 0 Å². The molecule has 7 heteroatoms. The normalized spacial score (nSPS) is 11.7. The van der Waals surface area contributed by atoms with Crippen molar-refractivity contribution >= 4 is 17.7 Å². The summed E-state index contributed by atoms with van der Waals surface area (Å²) in [5.74, 6) is 4.42. The van der Waals surface area contributed by atoms with Gasteiger partial charge in [0.15, 0.2) is 0 Å². The molecule has 0 heterocycles. The van der Waals surface area contributed by atoms with Gasteiger partial charge in [-0.1, -0.05) is 11.8 Å². The minimum absolute atomic E-state index is 0.00507. The molecule has 0 aliphatic heterocycles. The van der Waals surface area contributed by atoms with Crippen molar-refractivity contribution in [2.24, 2.45) is 0 Å². The molecule has 0 radical (unpaired) electrons. The molecule has 0 aliphatic carbocycles. The summed E-state index contributed by atoms with van der Waals surface area (Å²) in [5.41, 5.74) is 5.60. The first-order valence-corrected chi connectivity index (χ1v) is 7.82. The van der Waals surface area contributed by atoms with E-state index in [1.807, 2.05) is 0 Å². The lowest BCUT2D eigenvalue weighted by molar-refractivity contribution is -0.145. The van der Waals surface area contributed by atoms with E-state index in [4.69, 9.17) is 15.2 Å². The predicted molar refractivity (Wildman–Crippen MR) is 92.1 cm³/mol. The molecule has 1 atom stereocenters. The van der Waals surface area contributed by atoms with Crippen LogP contribution in [0, 0.1) is 17.7 Å². The van der Waals surface area contributed by atoms with Crippen molar-refractivity contribution in [2.45, 2.75) is 45.8 Å². The van der Waals surface area contributed by atoms with Crippen molar-refractivity contribution < 1.29 is 23.5 Å². The Balaban J connectivity index is 2.82. The van der Waals surface area contributed by atoms with Crippen LogP contribution in [0.3, 0.4) is 0 Å². The van der Waals surface area contributed by atoms with Gasteiger partial charge in [0.05, 0.1) is 12.3 Å². The van der Waals surface area contributed by atoms with Crippen molar-refractivity contribution in [1.29, 1.82) is 0 Å². The third-order valence-electron chi connectivity index (χ3n) is 2.80. The molecule has 0 spiro atoms. The van der Waals surface area contributed by atoms with Gasteiger partial charge in [0, 0.05) is 12.0 Å². The van der Waals surface area contributed by atoms with E-state index in [0.29, 0.717) is 5.56 Å². The van der Waals surface area contributed by atoms with Gasteiger partial charge in [-0.25, -0.2) is 14.0 Å². The summed E-state index contributed by atoms with van der Waals surface area (Å²) in [7, 11) is 0. The molecule has 0 aliphatic rings. The fourth-order valence-electron chi connectivity index (χ4n) is 1.78. The zero-order chi connectivity index (χ0) is 19.0. The van der Waals surface area contributed by atoms with Gasteiger partial charge in [-0.3, -0.25) is 0 Å². The number of carbonyl (C=O) groups is 2. The maximum absolute atomic E-state index is 13.0. The van der Waals surface area contributed by atoms with E-state index in [9.17, 15) is 14.0 Å². The molecule has 0 aromatic heterocycles. The number of benzene rings is 1. The third kappa shape index (κ3) is 7.57. The van der Waals surface area contributed by atoms with E-state index in [0.717, 1.165) is 6.07 Å². The minimum Gasteiger partial charge on any atom is -0.464 e. The molecule has 0 saturated carbocycles. The summed E-state index contributed by atoms with van der Waals surface area (Å²) in [5, 5.41) is 2.44. The van der Waals surface area contributed by atoms with Gasteiger partial charge >= 0.3 is 12.1 Å². The van der Waals surface area contributed by atoms with E-state index < -0.39 is 29.5 Å². The summed E-state index contributed by atoms with van der Waals surface area (Å²) >= 11 is 0. The summed E-state index contributed by atoms with van der Waals surface area (Å²) in [6.45, 7) is 6.96. The van der Waals surface area contributed by atoms with E-state index in [1.165, 1.54) is 12.1 Å². The number of hydrogen-bond acceptors (Lipinski definition) is 5. The van der Waals surface area contributed by atoms with Gasteiger partial charge < -0.3 is 20.5 Å². The van der Waals surface area contributed by atoms with Crippen LogP contribution in [0.15, 0.2) is 18.2 Å². The lowest BCUT2D eigenvalue weighted by Crippen LogP contribution is -2.44. The smallest absolute Gasteiger partial charge is 0.408 e. The van der Waals surface area contributed by atoms with Gasteiger partial charge in [-0.15, -0.1) is 0 Å². The minimum atomic E-state index is -0.982. The van der Waals surface area contributed by atoms with E-state index in [1.54, 1.807) is 27.7 Å². The van der Waals surface area contributed by atoms with Crippen LogP contribution in [-0.2, 0) is 14.3 Å². The Kier molecular flexibility index (Phi) is 7.24. The first kappa shape index (κ1) is 20.3. The lowest BCUT2D eigenvalue weighted by Gasteiger charge is -2.22. The van der Waals surface area contributed by atoms with Gasteiger partial charge in [0.1, 0.15) is 17.5 Å². The topological polar surface area (TPSA) is 90.6 Å². The highest BCUT2D eigenvalue weighted by Gasteiger charge is 2.24. The highest BCUT2D eigenvalue weighted by Crippen LogP contribution is 2.12. The number of halogens is 1. The molecule has 0 fully saturated rings. The van der Waals surface area contributed by atoms with Crippen molar-refractivity contribution in [1.82, 2.24) is 5.32 Å². The third-order valence-corrected chi connectivity index (χ3v) is 2.80. The number of nitrogens with two attached hydrogens (primary N) is 1. The van der Waals surface area contributed by atoms with Crippen LogP contribution in [0.1, 0.15) is 39.7 Å². The van der Waals surface area contributed by atoms with Crippen LogP contribution >= 0.6 is 0 Å². The summed E-state index contributed by atoms with van der Waals surface area (Å²) in [6.07, 6.45) is -0.747. The molecular weight excluding hydrogens is 327 g/mol. The molecule has 1 rings (SSSR count). The molecular formula is C18H23FN2O4. The molecule has 1 amide bonds. The van der Waals surface area contributed by atoms with Crippen molar-refractivity contribution in [3.63, 3.8) is 0 Å². The Morgan fingerprint density at radius 2 is 2.04 bits per heavy atom. The Bertz CT molecular complexity index is 687. The molecule has 6 nitrogen and oxygen atoms in total. The van der Waals surface area contributed by atoms with Crippen LogP contribution in [0.4, 0.5) is 14.9 Å². The lowest BCUT2D eigenvalue weighted by atomic mass is 10.1. The highest BCUT2D eigenvalue weighted by molar-refractivity contribution is 5.81. The number of alkyl carbamates (subject to hydrolysis) is 1. The molecule has 0 bridgehead atoms. The average Bonchev–Trinajstić information content (AvgIpc) is 2.46. The monoisotopic (exact) mass is 350 g/mol. The molecule has 0 unspecified atom stereocenters. The van der Waals surface area contributed by atoms with Crippen LogP contribution in [0.5, 0.6) is 0 Å². The van der Waals surface area contributed by atoms with Crippen LogP contribution < -0.4 is 11.1 Å². The van der Waals surface area contributed by atoms with E-state index >= 15 is 0 Å². The molecule has 3 N–H and O–H groups in total. The Hall–Kier alpha value is -2.75. The number of nitrogens with one attached hydrogen (secondary N) is 1. The zero-order valence-corrected chi connectivity index (χ0v) is 14.8. The second-order valence-electron chi connectivity index (χ2n) is 6.19. The molecule has 136 valence electrons. The number of anilines is 1. The number of amides is 1.